The van der Waals surface area contributed by atoms with Gasteiger partial charge in [0.1, 0.15) is 5.82 Å². The summed E-state index contributed by atoms with van der Waals surface area (Å²) in [7, 11) is 4.24. The van der Waals surface area contributed by atoms with Crippen molar-refractivity contribution in [1.82, 2.24) is 15.2 Å². The Morgan fingerprint density at radius 2 is 2.00 bits per heavy atom. The van der Waals surface area contributed by atoms with Crippen LogP contribution in [-0.2, 0) is 0 Å². The summed E-state index contributed by atoms with van der Waals surface area (Å²) in [5.41, 5.74) is 1.32. The van der Waals surface area contributed by atoms with Crippen molar-refractivity contribution < 1.29 is 0 Å². The van der Waals surface area contributed by atoms with Crippen molar-refractivity contribution in [2.45, 2.75) is 39.7 Å². The van der Waals surface area contributed by atoms with E-state index in [1.807, 2.05) is 6.20 Å². The van der Waals surface area contributed by atoms with E-state index in [0.29, 0.717) is 6.04 Å². The molecule has 0 amide bonds. The zero-order valence-electron chi connectivity index (χ0n) is 14.4. The van der Waals surface area contributed by atoms with E-state index in [-0.39, 0.29) is 0 Å². The van der Waals surface area contributed by atoms with E-state index in [4.69, 9.17) is 0 Å². The minimum Gasteiger partial charge on any atom is -0.357 e. The molecular weight excluding hydrogens is 260 g/mol. The van der Waals surface area contributed by atoms with Gasteiger partial charge in [0, 0.05) is 25.3 Å². The molecule has 21 heavy (non-hydrogen) atoms. The summed E-state index contributed by atoms with van der Waals surface area (Å²) >= 11 is 0. The molecule has 0 fully saturated rings. The van der Waals surface area contributed by atoms with Crippen LogP contribution in [0.4, 0.5) is 5.82 Å². The van der Waals surface area contributed by atoms with Gasteiger partial charge in [0.2, 0.25) is 0 Å². The average molecular weight is 292 g/mol. The lowest BCUT2D eigenvalue weighted by Crippen LogP contribution is -2.28. The van der Waals surface area contributed by atoms with Crippen molar-refractivity contribution in [3.63, 3.8) is 0 Å². The standard InChI is InChI=1S/C17H32N4/c1-6-10-18-15(3)16-9-11-19-17(14-16)21(7-2)13-8-12-20(4)5/h9,11,14-15,18H,6-8,10,12-13H2,1-5H3. The van der Waals surface area contributed by atoms with Crippen molar-refractivity contribution >= 4 is 5.82 Å². The second-order valence-electron chi connectivity index (χ2n) is 5.86. The third-order valence-electron chi connectivity index (χ3n) is 3.71. The lowest BCUT2D eigenvalue weighted by molar-refractivity contribution is 0.400. The molecular formula is C17H32N4. The minimum absolute atomic E-state index is 0.382. The van der Waals surface area contributed by atoms with Crippen molar-refractivity contribution in [3.05, 3.63) is 23.9 Å². The molecule has 1 atom stereocenters. The number of nitrogens with one attached hydrogen (secondary N) is 1. The second-order valence-corrected chi connectivity index (χ2v) is 5.86. The fourth-order valence-electron chi connectivity index (χ4n) is 2.37. The van der Waals surface area contributed by atoms with Crippen LogP contribution in [0.2, 0.25) is 0 Å². The first-order chi connectivity index (χ1) is 10.1. The van der Waals surface area contributed by atoms with Gasteiger partial charge in [-0.25, -0.2) is 4.98 Å². The van der Waals surface area contributed by atoms with E-state index in [0.717, 1.165) is 44.8 Å². The Bertz CT molecular complexity index is 392. The maximum Gasteiger partial charge on any atom is 0.128 e. The Morgan fingerprint density at radius 3 is 2.62 bits per heavy atom. The molecule has 1 aromatic rings. The summed E-state index contributed by atoms with van der Waals surface area (Å²) in [5.74, 6) is 1.10. The highest BCUT2D eigenvalue weighted by atomic mass is 15.2. The average Bonchev–Trinajstić information content (AvgIpc) is 2.49. The van der Waals surface area contributed by atoms with Crippen LogP contribution in [0.15, 0.2) is 18.3 Å². The number of hydrogen-bond donors (Lipinski definition) is 1. The fourth-order valence-corrected chi connectivity index (χ4v) is 2.37. The normalized spacial score (nSPS) is 12.7. The molecule has 0 saturated carbocycles. The molecule has 1 unspecified atom stereocenters. The van der Waals surface area contributed by atoms with Crippen LogP contribution in [0, 0.1) is 0 Å². The summed E-state index contributed by atoms with van der Waals surface area (Å²) < 4.78 is 0. The van der Waals surface area contributed by atoms with Gasteiger partial charge < -0.3 is 15.1 Å². The zero-order valence-corrected chi connectivity index (χ0v) is 14.4. The number of anilines is 1. The maximum atomic E-state index is 4.56. The van der Waals surface area contributed by atoms with E-state index in [2.05, 4.69) is 67.1 Å². The lowest BCUT2D eigenvalue weighted by Gasteiger charge is -2.24. The second kappa shape index (κ2) is 9.74. The van der Waals surface area contributed by atoms with Gasteiger partial charge in [-0.1, -0.05) is 6.92 Å². The molecule has 0 aliphatic carbocycles. The zero-order chi connectivity index (χ0) is 15.7. The summed E-state index contributed by atoms with van der Waals surface area (Å²) in [6.07, 6.45) is 4.26. The fraction of sp³-hybridized carbons (Fsp3) is 0.706. The van der Waals surface area contributed by atoms with Crippen molar-refractivity contribution in [2.24, 2.45) is 0 Å². The monoisotopic (exact) mass is 292 g/mol. The first-order valence-corrected chi connectivity index (χ1v) is 8.17. The highest BCUT2D eigenvalue weighted by molar-refractivity contribution is 5.41. The van der Waals surface area contributed by atoms with Crippen LogP contribution in [-0.4, -0.2) is 50.2 Å². The van der Waals surface area contributed by atoms with Crippen LogP contribution in [0.5, 0.6) is 0 Å². The Morgan fingerprint density at radius 1 is 1.24 bits per heavy atom. The molecule has 4 nitrogen and oxygen atoms in total. The van der Waals surface area contributed by atoms with Crippen LogP contribution in [0.25, 0.3) is 0 Å². The Kier molecular flexibility index (Phi) is 8.31. The number of aromatic nitrogens is 1. The topological polar surface area (TPSA) is 31.4 Å². The molecule has 0 aliphatic rings. The number of nitrogens with zero attached hydrogens (tertiary/aromatic N) is 3. The van der Waals surface area contributed by atoms with Gasteiger partial charge in [0.15, 0.2) is 0 Å². The van der Waals surface area contributed by atoms with E-state index in [9.17, 15) is 0 Å². The van der Waals surface area contributed by atoms with E-state index >= 15 is 0 Å². The molecule has 0 bridgehead atoms. The predicted molar refractivity (Wildman–Crippen MR) is 92.0 cm³/mol. The smallest absolute Gasteiger partial charge is 0.128 e. The molecule has 0 aliphatic heterocycles. The summed E-state index contributed by atoms with van der Waals surface area (Å²) in [4.78, 5) is 9.15. The summed E-state index contributed by atoms with van der Waals surface area (Å²) in [5, 5.41) is 3.54. The molecule has 120 valence electrons. The molecule has 0 saturated heterocycles. The van der Waals surface area contributed by atoms with E-state index < -0.39 is 0 Å². The van der Waals surface area contributed by atoms with Gasteiger partial charge >= 0.3 is 0 Å². The third-order valence-corrected chi connectivity index (χ3v) is 3.71. The molecule has 0 spiro atoms. The number of rotatable bonds is 10. The maximum absolute atomic E-state index is 4.56. The van der Waals surface area contributed by atoms with Crippen LogP contribution >= 0.6 is 0 Å². The SMILES string of the molecule is CCCNC(C)c1ccnc(N(CC)CCCN(C)C)c1. The largest absolute Gasteiger partial charge is 0.357 e. The Hall–Kier alpha value is -1.13. The van der Waals surface area contributed by atoms with Crippen LogP contribution in [0.1, 0.15) is 45.2 Å². The van der Waals surface area contributed by atoms with Gasteiger partial charge in [-0.2, -0.15) is 0 Å². The molecule has 1 N–H and O–H groups in total. The van der Waals surface area contributed by atoms with Gasteiger partial charge in [0.25, 0.3) is 0 Å². The first-order valence-electron chi connectivity index (χ1n) is 8.17. The minimum atomic E-state index is 0.382. The molecule has 1 rings (SSSR count). The first kappa shape index (κ1) is 17.9. The molecule has 4 heteroatoms. The molecule has 1 heterocycles. The van der Waals surface area contributed by atoms with Crippen LogP contribution in [0.3, 0.4) is 0 Å². The predicted octanol–water partition coefficient (Wildman–Crippen LogP) is 2.92. The van der Waals surface area contributed by atoms with Crippen LogP contribution < -0.4 is 10.2 Å². The van der Waals surface area contributed by atoms with Crippen molar-refractivity contribution in [1.29, 1.82) is 0 Å². The number of hydrogen-bond acceptors (Lipinski definition) is 4. The molecule has 0 radical (unpaired) electrons. The third kappa shape index (κ3) is 6.44. The van der Waals surface area contributed by atoms with Gasteiger partial charge in [-0.3, -0.25) is 0 Å². The van der Waals surface area contributed by atoms with Crippen molar-refractivity contribution in [2.75, 3.05) is 45.2 Å². The summed E-state index contributed by atoms with van der Waals surface area (Å²) in [6.45, 7) is 10.8. The molecule has 0 aromatic carbocycles. The number of pyridine rings is 1. The summed E-state index contributed by atoms with van der Waals surface area (Å²) in [6, 6.07) is 4.73. The molecule has 1 aromatic heterocycles. The lowest BCUT2D eigenvalue weighted by atomic mass is 10.1. The van der Waals surface area contributed by atoms with Gasteiger partial charge in [-0.05, 0) is 71.6 Å². The Labute approximate surface area is 130 Å². The highest BCUT2D eigenvalue weighted by Gasteiger charge is 2.10. The van der Waals surface area contributed by atoms with E-state index in [1.165, 1.54) is 5.56 Å². The van der Waals surface area contributed by atoms with E-state index in [1.54, 1.807) is 0 Å². The van der Waals surface area contributed by atoms with Gasteiger partial charge in [0.05, 0.1) is 0 Å². The Balaban J connectivity index is 2.67. The quantitative estimate of drug-likeness (QED) is 0.718. The van der Waals surface area contributed by atoms with Gasteiger partial charge in [-0.15, -0.1) is 0 Å². The van der Waals surface area contributed by atoms with Crippen molar-refractivity contribution in [3.8, 4) is 0 Å². The highest BCUT2D eigenvalue weighted by Crippen LogP contribution is 2.18.